The van der Waals surface area contributed by atoms with E-state index in [4.69, 9.17) is 4.74 Å². The zero-order valence-corrected chi connectivity index (χ0v) is 13.8. The van der Waals surface area contributed by atoms with E-state index in [9.17, 15) is 14.4 Å². The second-order valence-electron chi connectivity index (χ2n) is 5.35. The number of rotatable bonds is 5. The zero-order chi connectivity index (χ0) is 17.5. The fourth-order valence-corrected chi connectivity index (χ4v) is 1.69. The highest BCUT2D eigenvalue weighted by atomic mass is 16.6. The Bertz CT molecular complexity index is 644. The average Bonchev–Trinajstić information content (AvgIpc) is 2.45. The smallest absolute Gasteiger partial charge is 0.318 e. The summed E-state index contributed by atoms with van der Waals surface area (Å²) in [5.41, 5.74) is 0.267. The van der Waals surface area contributed by atoms with Gasteiger partial charge in [0.1, 0.15) is 6.42 Å². The van der Waals surface area contributed by atoms with Crippen LogP contribution >= 0.6 is 0 Å². The van der Waals surface area contributed by atoms with Gasteiger partial charge in [-0.2, -0.15) is 0 Å². The fraction of sp³-hybridized carbons (Fsp3) is 0.389. The molecule has 0 fully saturated rings. The van der Waals surface area contributed by atoms with E-state index in [-0.39, 0.29) is 12.4 Å². The predicted octanol–water partition coefficient (Wildman–Crippen LogP) is 2.52. The number of ether oxygens (including phenoxy) is 2. The van der Waals surface area contributed by atoms with Gasteiger partial charge in [-0.25, -0.2) is 0 Å². The van der Waals surface area contributed by atoms with E-state index in [1.807, 2.05) is 0 Å². The Hall–Kier alpha value is -2.61. The van der Waals surface area contributed by atoms with Crippen LogP contribution in [0.1, 0.15) is 50.0 Å². The van der Waals surface area contributed by atoms with Crippen LogP contribution in [0.3, 0.4) is 0 Å². The van der Waals surface area contributed by atoms with Crippen LogP contribution < -0.4 is 0 Å². The molecule has 0 N–H and O–H groups in total. The van der Waals surface area contributed by atoms with Crippen LogP contribution in [0.15, 0.2) is 24.3 Å². The lowest BCUT2D eigenvalue weighted by Gasteiger charge is -2.18. The first kappa shape index (κ1) is 18.4. The highest BCUT2D eigenvalue weighted by Crippen LogP contribution is 2.11. The van der Waals surface area contributed by atoms with Gasteiger partial charge in [-0.3, -0.25) is 14.4 Å². The number of hydrogen-bond donors (Lipinski definition) is 0. The Labute approximate surface area is 136 Å². The quantitative estimate of drug-likeness (QED) is 0.361. The molecule has 0 unspecified atom stereocenters. The topological polar surface area (TPSA) is 69.7 Å². The molecule has 5 nitrogen and oxygen atoms in total. The molecular weight excluding hydrogens is 296 g/mol. The predicted molar refractivity (Wildman–Crippen MR) is 84.7 cm³/mol. The van der Waals surface area contributed by atoms with Crippen LogP contribution in [0.25, 0.3) is 0 Å². The molecule has 23 heavy (non-hydrogen) atoms. The standard InChI is InChI=1S/C18H20O5/c1-5-22-16(20)12-17(21)23-18(3,4)11-10-14-6-8-15(9-7-14)13(2)19/h6-9H,5,12H2,1-4H3. The summed E-state index contributed by atoms with van der Waals surface area (Å²) in [7, 11) is 0. The highest BCUT2D eigenvalue weighted by Gasteiger charge is 2.22. The molecule has 0 aromatic heterocycles. The molecule has 5 heteroatoms. The van der Waals surface area contributed by atoms with Gasteiger partial charge in [0.25, 0.3) is 0 Å². The van der Waals surface area contributed by atoms with Crippen molar-refractivity contribution >= 4 is 17.7 Å². The second-order valence-corrected chi connectivity index (χ2v) is 5.35. The molecule has 122 valence electrons. The van der Waals surface area contributed by atoms with Gasteiger partial charge in [0.2, 0.25) is 0 Å². The second kappa shape index (κ2) is 8.14. The lowest BCUT2D eigenvalue weighted by atomic mass is 10.1. The van der Waals surface area contributed by atoms with Gasteiger partial charge >= 0.3 is 11.9 Å². The van der Waals surface area contributed by atoms with E-state index in [1.165, 1.54) is 6.92 Å². The minimum Gasteiger partial charge on any atom is -0.466 e. The summed E-state index contributed by atoms with van der Waals surface area (Å²) in [5.74, 6) is 4.38. The lowest BCUT2D eigenvalue weighted by Crippen LogP contribution is -2.27. The van der Waals surface area contributed by atoms with Crippen molar-refractivity contribution in [3.8, 4) is 11.8 Å². The molecule has 1 aromatic rings. The van der Waals surface area contributed by atoms with Crippen molar-refractivity contribution < 1.29 is 23.9 Å². The fourth-order valence-electron chi connectivity index (χ4n) is 1.69. The van der Waals surface area contributed by atoms with Crippen molar-refractivity contribution in [1.82, 2.24) is 0 Å². The number of carbonyl (C=O) groups excluding carboxylic acids is 3. The number of carbonyl (C=O) groups is 3. The molecule has 0 aliphatic rings. The number of ketones is 1. The molecule has 0 aliphatic carbocycles. The molecule has 0 saturated carbocycles. The summed E-state index contributed by atoms with van der Waals surface area (Å²) in [6.45, 7) is 6.63. The summed E-state index contributed by atoms with van der Waals surface area (Å²) in [6.07, 6.45) is -0.438. The summed E-state index contributed by atoms with van der Waals surface area (Å²) in [6, 6.07) is 6.82. The Morgan fingerprint density at radius 2 is 1.70 bits per heavy atom. The van der Waals surface area contributed by atoms with Gasteiger partial charge in [0, 0.05) is 11.1 Å². The zero-order valence-electron chi connectivity index (χ0n) is 13.8. The third kappa shape index (κ3) is 6.79. The number of esters is 2. The lowest BCUT2D eigenvalue weighted by molar-refractivity contribution is -0.159. The van der Waals surface area contributed by atoms with Gasteiger partial charge in [-0.1, -0.05) is 24.0 Å². The van der Waals surface area contributed by atoms with Crippen LogP contribution in [-0.4, -0.2) is 29.9 Å². The Balaban J connectivity index is 2.69. The van der Waals surface area contributed by atoms with Crippen molar-refractivity contribution in [2.45, 2.75) is 39.7 Å². The first-order chi connectivity index (χ1) is 10.7. The van der Waals surface area contributed by atoms with Gasteiger partial charge in [-0.15, -0.1) is 0 Å². The number of hydrogen-bond acceptors (Lipinski definition) is 5. The molecule has 0 radical (unpaired) electrons. The van der Waals surface area contributed by atoms with E-state index in [1.54, 1.807) is 45.0 Å². The molecule has 0 heterocycles. The number of benzene rings is 1. The summed E-state index contributed by atoms with van der Waals surface area (Å²) >= 11 is 0. The first-order valence-electron chi connectivity index (χ1n) is 7.25. The summed E-state index contributed by atoms with van der Waals surface area (Å²) in [5, 5.41) is 0. The molecule has 0 saturated heterocycles. The van der Waals surface area contributed by atoms with Crippen LogP contribution in [-0.2, 0) is 19.1 Å². The van der Waals surface area contributed by atoms with Crippen LogP contribution in [0.2, 0.25) is 0 Å². The van der Waals surface area contributed by atoms with E-state index in [0.29, 0.717) is 11.1 Å². The van der Waals surface area contributed by atoms with E-state index >= 15 is 0 Å². The molecule has 0 aliphatic heterocycles. The minimum absolute atomic E-state index is 0.0160. The van der Waals surface area contributed by atoms with E-state index in [2.05, 4.69) is 16.6 Å². The third-order valence-corrected chi connectivity index (χ3v) is 2.76. The number of Topliss-reactive ketones (excluding diaryl/α,β-unsaturated/α-hetero) is 1. The molecule has 0 spiro atoms. The van der Waals surface area contributed by atoms with Crippen LogP contribution in [0.5, 0.6) is 0 Å². The third-order valence-electron chi connectivity index (χ3n) is 2.76. The van der Waals surface area contributed by atoms with Gasteiger partial charge in [0.15, 0.2) is 11.4 Å². The largest absolute Gasteiger partial charge is 0.466 e. The van der Waals surface area contributed by atoms with E-state index in [0.717, 1.165) is 0 Å². The maximum atomic E-state index is 11.6. The molecule has 0 amide bonds. The van der Waals surface area contributed by atoms with E-state index < -0.39 is 24.0 Å². The van der Waals surface area contributed by atoms with Crippen molar-refractivity contribution in [2.24, 2.45) is 0 Å². The van der Waals surface area contributed by atoms with Crippen molar-refractivity contribution in [3.63, 3.8) is 0 Å². The van der Waals surface area contributed by atoms with Gasteiger partial charge in [-0.05, 0) is 39.8 Å². The van der Waals surface area contributed by atoms with Crippen molar-refractivity contribution in [2.75, 3.05) is 6.61 Å². The Kier molecular flexibility index (Phi) is 6.52. The molecule has 1 aromatic carbocycles. The Morgan fingerprint density at radius 1 is 1.09 bits per heavy atom. The molecule has 0 bridgehead atoms. The monoisotopic (exact) mass is 316 g/mol. The van der Waals surface area contributed by atoms with Crippen LogP contribution in [0, 0.1) is 11.8 Å². The normalized spacial score (nSPS) is 10.3. The molecule has 0 atom stereocenters. The Morgan fingerprint density at radius 3 is 2.22 bits per heavy atom. The minimum atomic E-state index is -1.04. The van der Waals surface area contributed by atoms with Gasteiger partial charge < -0.3 is 9.47 Å². The SMILES string of the molecule is CCOC(=O)CC(=O)OC(C)(C)C#Cc1ccc(C(C)=O)cc1. The molecule has 1 rings (SSSR count). The maximum Gasteiger partial charge on any atom is 0.318 e. The van der Waals surface area contributed by atoms with Crippen molar-refractivity contribution in [3.05, 3.63) is 35.4 Å². The summed E-state index contributed by atoms with van der Waals surface area (Å²) in [4.78, 5) is 34.1. The van der Waals surface area contributed by atoms with Crippen LogP contribution in [0.4, 0.5) is 0 Å². The maximum absolute atomic E-state index is 11.6. The highest BCUT2D eigenvalue weighted by molar-refractivity contribution is 5.94. The summed E-state index contributed by atoms with van der Waals surface area (Å²) < 4.78 is 9.85. The van der Waals surface area contributed by atoms with Gasteiger partial charge in [0.05, 0.1) is 6.61 Å². The molecular formula is C18H20O5. The van der Waals surface area contributed by atoms with Crippen molar-refractivity contribution in [1.29, 1.82) is 0 Å². The average molecular weight is 316 g/mol. The first-order valence-corrected chi connectivity index (χ1v) is 7.25.